The van der Waals surface area contributed by atoms with E-state index in [1.807, 2.05) is 25.2 Å². The van der Waals surface area contributed by atoms with Crippen LogP contribution in [0.2, 0.25) is 0 Å². The summed E-state index contributed by atoms with van der Waals surface area (Å²) in [5, 5.41) is 8.56. The molecule has 5 nitrogen and oxygen atoms in total. The molecule has 2 amide bonds. The van der Waals surface area contributed by atoms with Gasteiger partial charge in [-0.3, -0.25) is 9.59 Å². The van der Waals surface area contributed by atoms with Crippen molar-refractivity contribution in [2.45, 2.75) is 72.8 Å². The predicted molar refractivity (Wildman–Crippen MR) is 142 cm³/mol. The Kier molecular flexibility index (Phi) is 18.4. The van der Waals surface area contributed by atoms with E-state index >= 15 is 0 Å². The maximum atomic E-state index is 11.7. The van der Waals surface area contributed by atoms with Crippen molar-refractivity contribution in [1.82, 2.24) is 16.0 Å². The number of nitrogens with one attached hydrogen (secondary N) is 3. The van der Waals surface area contributed by atoms with Crippen molar-refractivity contribution in [3.63, 3.8) is 0 Å². The van der Waals surface area contributed by atoms with Crippen LogP contribution in [0.5, 0.6) is 0 Å². The number of amides is 2. The van der Waals surface area contributed by atoms with Crippen molar-refractivity contribution < 1.29 is 9.59 Å². The standard InChI is InChI=1S/C13H23N3O2.C12H14.C3H8/c1-2-3-5-9-15-12(17)10-16-13(18)11-7-4-6-8-14-11;1-4-5-6-12-9-10(2)7-8-11(12)3;1-3-2/h2-3,11,14H,4-10H2,1H3,(H,15,17)(H,16,18);4-9H,1H2,2-3H3;3H2,1-2H3/b3-2-;6-5-;. The zero-order valence-electron chi connectivity index (χ0n) is 21.4. The number of allylic oxidation sites excluding steroid dienone is 3. The Hall–Kier alpha value is -2.66. The monoisotopic (exact) mass is 455 g/mol. The fraction of sp³-hybridized carbons (Fsp3) is 0.500. The van der Waals surface area contributed by atoms with Crippen molar-refractivity contribution in [3.8, 4) is 0 Å². The summed E-state index contributed by atoms with van der Waals surface area (Å²) in [6.07, 6.45) is 14.9. The van der Waals surface area contributed by atoms with Crippen LogP contribution in [0.4, 0.5) is 0 Å². The summed E-state index contributed by atoms with van der Waals surface area (Å²) in [5.41, 5.74) is 3.87. The molecule has 1 atom stereocenters. The molecule has 1 aliphatic heterocycles. The summed E-state index contributed by atoms with van der Waals surface area (Å²) in [6.45, 7) is 15.6. The van der Waals surface area contributed by atoms with Crippen LogP contribution in [0.25, 0.3) is 6.08 Å². The fourth-order valence-electron chi connectivity index (χ4n) is 3.00. The lowest BCUT2D eigenvalue weighted by Gasteiger charge is -2.22. The lowest BCUT2D eigenvalue weighted by Crippen LogP contribution is -2.49. The van der Waals surface area contributed by atoms with Gasteiger partial charge < -0.3 is 16.0 Å². The molecule has 0 saturated carbocycles. The molecule has 0 aliphatic carbocycles. The molecule has 1 aliphatic rings. The zero-order chi connectivity index (χ0) is 24.9. The van der Waals surface area contributed by atoms with Crippen LogP contribution >= 0.6 is 0 Å². The van der Waals surface area contributed by atoms with E-state index in [1.54, 1.807) is 6.08 Å². The maximum Gasteiger partial charge on any atom is 0.239 e. The lowest BCUT2D eigenvalue weighted by molar-refractivity contribution is -0.127. The van der Waals surface area contributed by atoms with Crippen LogP contribution in [-0.2, 0) is 9.59 Å². The number of piperidine rings is 1. The molecule has 1 heterocycles. The normalized spacial score (nSPS) is 15.1. The highest BCUT2D eigenvalue weighted by Crippen LogP contribution is 2.12. The molecule has 2 rings (SSSR count). The number of hydrogen-bond donors (Lipinski definition) is 3. The Bertz CT molecular complexity index is 748. The molecule has 0 aromatic heterocycles. The molecule has 184 valence electrons. The van der Waals surface area contributed by atoms with Gasteiger partial charge >= 0.3 is 0 Å². The fourth-order valence-corrected chi connectivity index (χ4v) is 3.00. The molecule has 3 N–H and O–H groups in total. The van der Waals surface area contributed by atoms with Gasteiger partial charge in [0.15, 0.2) is 0 Å². The van der Waals surface area contributed by atoms with Gasteiger partial charge in [-0.2, -0.15) is 0 Å². The second kappa shape index (κ2) is 20.0. The Balaban J connectivity index is 0.000000588. The van der Waals surface area contributed by atoms with E-state index in [0.717, 1.165) is 32.2 Å². The first kappa shape index (κ1) is 30.3. The van der Waals surface area contributed by atoms with Gasteiger partial charge in [0.05, 0.1) is 12.6 Å². The number of hydrogen-bond acceptors (Lipinski definition) is 3. The Morgan fingerprint density at radius 1 is 1.18 bits per heavy atom. The van der Waals surface area contributed by atoms with Crippen molar-refractivity contribution in [2.24, 2.45) is 0 Å². The molecule has 0 bridgehead atoms. The predicted octanol–water partition coefficient (Wildman–Crippen LogP) is 5.25. The number of aryl methyl sites for hydroxylation is 2. The Morgan fingerprint density at radius 2 is 1.91 bits per heavy atom. The van der Waals surface area contributed by atoms with Gasteiger partial charge in [0, 0.05) is 6.54 Å². The average Bonchev–Trinajstić information content (AvgIpc) is 2.82. The number of carbonyl (C=O) groups excluding carboxylic acids is 2. The van der Waals surface area contributed by atoms with Crippen LogP contribution in [-0.4, -0.2) is 37.5 Å². The van der Waals surface area contributed by atoms with Crippen molar-refractivity contribution in [1.29, 1.82) is 0 Å². The van der Waals surface area contributed by atoms with Gasteiger partial charge in [-0.15, -0.1) is 0 Å². The third kappa shape index (κ3) is 15.7. The van der Waals surface area contributed by atoms with Crippen LogP contribution in [0.1, 0.15) is 69.6 Å². The van der Waals surface area contributed by atoms with Crippen LogP contribution in [0.3, 0.4) is 0 Å². The molecular weight excluding hydrogens is 410 g/mol. The molecule has 33 heavy (non-hydrogen) atoms. The summed E-state index contributed by atoms with van der Waals surface area (Å²) in [7, 11) is 0. The van der Waals surface area contributed by atoms with E-state index < -0.39 is 0 Å². The van der Waals surface area contributed by atoms with Gasteiger partial charge in [0.2, 0.25) is 11.8 Å². The maximum absolute atomic E-state index is 11.7. The van der Waals surface area contributed by atoms with E-state index in [4.69, 9.17) is 0 Å². The van der Waals surface area contributed by atoms with Gasteiger partial charge in [-0.1, -0.05) is 87.4 Å². The van der Waals surface area contributed by atoms with Gasteiger partial charge in [-0.05, 0) is 57.7 Å². The van der Waals surface area contributed by atoms with E-state index in [1.165, 1.54) is 23.1 Å². The molecule has 1 aromatic rings. The Morgan fingerprint density at radius 3 is 2.52 bits per heavy atom. The first-order valence-corrected chi connectivity index (χ1v) is 12.1. The molecule has 1 saturated heterocycles. The van der Waals surface area contributed by atoms with Gasteiger partial charge in [-0.25, -0.2) is 0 Å². The minimum atomic E-state index is -0.135. The summed E-state index contributed by atoms with van der Waals surface area (Å²) in [4.78, 5) is 23.1. The first-order valence-electron chi connectivity index (χ1n) is 12.1. The molecule has 5 heteroatoms. The smallest absolute Gasteiger partial charge is 0.239 e. The minimum absolute atomic E-state index is 0.0624. The third-order valence-corrected chi connectivity index (χ3v) is 4.77. The average molecular weight is 456 g/mol. The Labute approximate surface area is 201 Å². The number of carbonyl (C=O) groups is 2. The van der Waals surface area contributed by atoms with Crippen molar-refractivity contribution in [3.05, 3.63) is 65.8 Å². The van der Waals surface area contributed by atoms with Gasteiger partial charge in [0.1, 0.15) is 0 Å². The second-order valence-electron chi connectivity index (χ2n) is 8.09. The zero-order valence-corrected chi connectivity index (χ0v) is 21.4. The highest BCUT2D eigenvalue weighted by molar-refractivity contribution is 5.87. The van der Waals surface area contributed by atoms with E-state index in [-0.39, 0.29) is 24.4 Å². The summed E-state index contributed by atoms with van der Waals surface area (Å²) in [6, 6.07) is 6.31. The quantitative estimate of drug-likeness (QED) is 0.285. The van der Waals surface area contributed by atoms with Crippen LogP contribution in [0, 0.1) is 13.8 Å². The van der Waals surface area contributed by atoms with Crippen molar-refractivity contribution >= 4 is 17.9 Å². The van der Waals surface area contributed by atoms with Crippen LogP contribution in [0.15, 0.2) is 49.1 Å². The molecule has 1 unspecified atom stereocenters. The number of benzene rings is 1. The number of rotatable bonds is 8. The largest absolute Gasteiger partial charge is 0.354 e. The lowest BCUT2D eigenvalue weighted by atomic mass is 10.0. The van der Waals surface area contributed by atoms with E-state index in [9.17, 15) is 9.59 Å². The van der Waals surface area contributed by atoms with Crippen LogP contribution < -0.4 is 16.0 Å². The van der Waals surface area contributed by atoms with Gasteiger partial charge in [0.25, 0.3) is 0 Å². The third-order valence-electron chi connectivity index (χ3n) is 4.77. The van der Waals surface area contributed by atoms with Crippen molar-refractivity contribution in [2.75, 3.05) is 19.6 Å². The summed E-state index contributed by atoms with van der Waals surface area (Å²) in [5.74, 6) is -0.207. The second-order valence-corrected chi connectivity index (χ2v) is 8.09. The minimum Gasteiger partial charge on any atom is -0.354 e. The molecule has 0 radical (unpaired) electrons. The highest BCUT2D eigenvalue weighted by atomic mass is 16.2. The molecular formula is C28H45N3O2. The van der Waals surface area contributed by atoms with E-state index in [2.05, 4.69) is 74.5 Å². The highest BCUT2D eigenvalue weighted by Gasteiger charge is 2.20. The van der Waals surface area contributed by atoms with E-state index in [0.29, 0.717) is 6.54 Å². The molecule has 1 aromatic carbocycles. The topological polar surface area (TPSA) is 70.2 Å². The molecule has 1 fully saturated rings. The summed E-state index contributed by atoms with van der Waals surface area (Å²) < 4.78 is 0. The molecule has 0 spiro atoms. The first-order chi connectivity index (χ1) is 15.9. The SMILES string of the molecule is C/C=C\CCNC(=O)CNC(=O)C1CCCCN1.C=C/C=C\c1cc(C)ccc1C.CCC. The summed E-state index contributed by atoms with van der Waals surface area (Å²) >= 11 is 0.